The highest BCUT2D eigenvalue weighted by molar-refractivity contribution is 7.48. The van der Waals surface area contributed by atoms with Crippen LogP contribution in [-0.2, 0) is 58.0 Å². The molecule has 284 valence electrons. The van der Waals surface area contributed by atoms with E-state index in [0.29, 0.717) is 59.5 Å². The van der Waals surface area contributed by atoms with E-state index < -0.39 is 51.0 Å². The first-order chi connectivity index (χ1) is 21.8. The molecular weight excluding hydrogens is 684 g/mol. The van der Waals surface area contributed by atoms with Crippen LogP contribution in [0, 0.1) is 0 Å². The van der Waals surface area contributed by atoms with Crippen molar-refractivity contribution in [1.82, 2.24) is 0 Å². The zero-order chi connectivity index (χ0) is 36.5. The van der Waals surface area contributed by atoms with Gasteiger partial charge in [0.1, 0.15) is 0 Å². The van der Waals surface area contributed by atoms with Crippen molar-refractivity contribution in [2.75, 3.05) is 59.5 Å². The van der Waals surface area contributed by atoms with Gasteiger partial charge in [-0.2, -0.15) is 0 Å². The van der Waals surface area contributed by atoms with Crippen LogP contribution in [0.4, 0.5) is 0 Å². The molecule has 0 N–H and O–H groups in total. The molecule has 17 heteroatoms. The lowest BCUT2D eigenvalue weighted by Gasteiger charge is -2.42. The Labute approximate surface area is 289 Å². The predicted molar refractivity (Wildman–Crippen MR) is 189 cm³/mol. The van der Waals surface area contributed by atoms with Crippen LogP contribution in [0.1, 0.15) is 104 Å². The Morgan fingerprint density at radius 2 is 0.511 bits per heavy atom. The molecule has 0 amide bonds. The molecule has 47 heavy (non-hydrogen) atoms. The molecule has 0 aliphatic heterocycles. The first kappa shape index (κ1) is 47.4. The predicted octanol–water partition coefficient (Wildman–Crippen LogP) is 7.63. The van der Waals surface area contributed by atoms with Crippen molar-refractivity contribution in [3.8, 4) is 0 Å². The average molecular weight is 753 g/mol. The average Bonchev–Trinajstić information content (AvgIpc) is 2.87. The van der Waals surface area contributed by atoms with Crippen molar-refractivity contribution in [1.29, 1.82) is 0 Å². The summed E-state index contributed by atoms with van der Waals surface area (Å²) in [5.74, 6) is 0. The summed E-state index contributed by atoms with van der Waals surface area (Å²) in [7, 11) is -14.2. The van der Waals surface area contributed by atoms with E-state index in [-0.39, 0.29) is 18.1 Å². The minimum absolute atomic E-state index is 0.193. The third kappa shape index (κ3) is 17.5. The van der Waals surface area contributed by atoms with Crippen LogP contribution in [0.5, 0.6) is 0 Å². The largest absolute Gasteiger partial charge is 0.503 e. The van der Waals surface area contributed by atoms with Crippen molar-refractivity contribution in [3.63, 3.8) is 0 Å². The maximum absolute atomic E-state index is 15.2. The van der Waals surface area contributed by atoms with E-state index in [2.05, 4.69) is 0 Å². The van der Waals surface area contributed by atoms with Crippen molar-refractivity contribution < 1.29 is 58.0 Å². The molecular formula is C30H69O13PSi3. The number of hydrogen-bond donors (Lipinski definition) is 0. The lowest BCUT2D eigenvalue weighted by atomic mass is 10.2. The third-order valence-corrected chi connectivity index (χ3v) is 18.8. The number of hydrogen-bond acceptors (Lipinski definition) is 13. The summed E-state index contributed by atoms with van der Waals surface area (Å²) in [6.45, 7) is 31.1. The molecule has 0 aromatic carbocycles. The molecule has 0 bridgehead atoms. The minimum atomic E-state index is -4.45. The standard InChI is InChI=1S/C30H69O13PSi3/c1-16-32-45(33-17-2,34-18-3)25-28(10,11)41-44(31,42-29(12,13)26-46(35-19-4,36-20-5)37-21-6)43-30(14,15)27-47(38-22-7,39-23-8)40-24-9/h16-27H2,1-15H3. The highest BCUT2D eigenvalue weighted by Crippen LogP contribution is 2.60. The smallest absolute Gasteiger partial charge is 0.374 e. The molecule has 0 fully saturated rings. The highest BCUT2D eigenvalue weighted by atomic mass is 31.2. The van der Waals surface area contributed by atoms with Crippen molar-refractivity contribution in [2.45, 2.75) is 139 Å². The number of phosphoric ester groups is 1. The molecule has 0 heterocycles. The zero-order valence-electron chi connectivity index (χ0n) is 32.2. The van der Waals surface area contributed by atoms with Crippen LogP contribution in [0.3, 0.4) is 0 Å². The zero-order valence-corrected chi connectivity index (χ0v) is 36.1. The van der Waals surface area contributed by atoms with Crippen LogP contribution in [0.15, 0.2) is 0 Å². The Hall–Kier alpha value is 0.401. The van der Waals surface area contributed by atoms with Gasteiger partial charge < -0.3 is 39.8 Å². The molecule has 0 atom stereocenters. The highest BCUT2D eigenvalue weighted by Gasteiger charge is 2.55. The van der Waals surface area contributed by atoms with E-state index in [1.54, 1.807) is 41.5 Å². The summed E-state index contributed by atoms with van der Waals surface area (Å²) in [6.07, 6.45) is 0. The van der Waals surface area contributed by atoms with Gasteiger partial charge in [0.15, 0.2) is 0 Å². The van der Waals surface area contributed by atoms with Crippen LogP contribution in [-0.4, -0.2) is 103 Å². The second-order valence-corrected chi connectivity index (χ2v) is 21.7. The van der Waals surface area contributed by atoms with Crippen LogP contribution >= 0.6 is 7.82 Å². The molecule has 13 nitrogen and oxygen atoms in total. The van der Waals surface area contributed by atoms with E-state index in [1.807, 2.05) is 62.3 Å². The SMILES string of the molecule is CCO[Si](CC(C)(C)OP(=O)(OC(C)(C)C[Si](OCC)(OCC)OCC)OC(C)(C)C[Si](OCC)(OCC)OCC)(OCC)OCC. The van der Waals surface area contributed by atoms with Gasteiger partial charge in [0.25, 0.3) is 0 Å². The Bertz CT molecular complexity index is 735. The quantitative estimate of drug-likeness (QED) is 0.0528. The normalized spacial score (nSPS) is 14.3. The lowest BCUT2D eigenvalue weighted by Crippen LogP contribution is -2.53. The molecule has 0 saturated carbocycles. The van der Waals surface area contributed by atoms with Gasteiger partial charge >= 0.3 is 34.2 Å². The van der Waals surface area contributed by atoms with Gasteiger partial charge in [-0.3, -0.25) is 13.6 Å². The van der Waals surface area contributed by atoms with Gasteiger partial charge in [0.2, 0.25) is 0 Å². The lowest BCUT2D eigenvalue weighted by molar-refractivity contribution is -0.0437. The summed E-state index contributed by atoms with van der Waals surface area (Å²) in [6, 6.07) is 0.578. The van der Waals surface area contributed by atoms with Crippen LogP contribution in [0.2, 0.25) is 18.1 Å². The van der Waals surface area contributed by atoms with E-state index >= 15 is 4.57 Å². The third-order valence-electron chi connectivity index (χ3n) is 6.28. The minimum Gasteiger partial charge on any atom is -0.374 e. The molecule has 0 aromatic rings. The molecule has 0 rings (SSSR count). The van der Waals surface area contributed by atoms with Crippen LogP contribution < -0.4 is 0 Å². The summed E-state index contributed by atoms with van der Waals surface area (Å²) in [5, 5.41) is 0. The maximum Gasteiger partial charge on any atom is 0.503 e. The van der Waals surface area contributed by atoms with Gasteiger partial charge in [0.05, 0.1) is 16.8 Å². The Morgan fingerprint density at radius 1 is 0.362 bits per heavy atom. The monoisotopic (exact) mass is 752 g/mol. The fraction of sp³-hybridized carbons (Fsp3) is 1.00. The van der Waals surface area contributed by atoms with Crippen molar-refractivity contribution in [3.05, 3.63) is 0 Å². The van der Waals surface area contributed by atoms with E-state index in [1.165, 1.54) is 0 Å². The van der Waals surface area contributed by atoms with Gasteiger partial charge in [0, 0.05) is 77.6 Å². The van der Waals surface area contributed by atoms with E-state index in [0.717, 1.165) is 0 Å². The summed E-state index contributed by atoms with van der Waals surface area (Å²) >= 11 is 0. The topological polar surface area (TPSA) is 128 Å². The van der Waals surface area contributed by atoms with Crippen LogP contribution in [0.25, 0.3) is 0 Å². The Morgan fingerprint density at radius 3 is 0.638 bits per heavy atom. The van der Waals surface area contributed by atoms with Gasteiger partial charge in [-0.15, -0.1) is 0 Å². The van der Waals surface area contributed by atoms with E-state index in [9.17, 15) is 0 Å². The molecule has 0 aliphatic carbocycles. The fourth-order valence-electron chi connectivity index (χ4n) is 5.44. The maximum atomic E-state index is 15.2. The second-order valence-electron chi connectivity index (χ2n) is 12.5. The summed E-state index contributed by atoms with van der Waals surface area (Å²) in [5.41, 5.74) is -3.43. The first-order valence-electron chi connectivity index (χ1n) is 17.3. The molecule has 0 aliphatic rings. The number of rotatable bonds is 30. The fourth-order valence-corrected chi connectivity index (χ4v) is 16.9. The summed E-state index contributed by atoms with van der Waals surface area (Å²) in [4.78, 5) is 0. The van der Waals surface area contributed by atoms with Crippen molar-refractivity contribution >= 4 is 34.2 Å². The first-order valence-corrected chi connectivity index (χ1v) is 24.5. The van der Waals surface area contributed by atoms with Crippen molar-refractivity contribution in [2.24, 2.45) is 0 Å². The second kappa shape index (κ2) is 21.7. The molecule has 0 radical (unpaired) electrons. The van der Waals surface area contributed by atoms with Gasteiger partial charge in [-0.05, 0) is 104 Å². The van der Waals surface area contributed by atoms with Gasteiger partial charge in [-0.25, -0.2) is 4.57 Å². The number of phosphoric acid groups is 1. The molecule has 0 aromatic heterocycles. The Kier molecular flexibility index (Phi) is 21.9. The summed E-state index contributed by atoms with van der Waals surface area (Å²) < 4.78 is 89.6. The van der Waals surface area contributed by atoms with Gasteiger partial charge in [-0.1, -0.05) is 0 Å². The molecule has 0 saturated heterocycles. The molecule has 0 spiro atoms. The molecule has 0 unspecified atom stereocenters. The van der Waals surface area contributed by atoms with E-state index in [4.69, 9.17) is 53.4 Å². The Balaban J connectivity index is 6.94.